The smallest absolute Gasteiger partial charge is 0.0998 e. The van der Waals surface area contributed by atoms with Gasteiger partial charge in [-0.25, -0.2) is 3.29 Å². The van der Waals surface area contributed by atoms with Gasteiger partial charge in [0.15, 0.2) is 0 Å². The molecule has 0 radical (unpaired) electrons. The van der Waals surface area contributed by atoms with Crippen molar-refractivity contribution in [1.82, 2.24) is 0 Å². The van der Waals surface area contributed by atoms with Crippen LogP contribution in [0.1, 0.15) is 219 Å². The van der Waals surface area contributed by atoms with Crippen molar-refractivity contribution in [3.63, 3.8) is 0 Å². The van der Waals surface area contributed by atoms with Gasteiger partial charge in [-0.15, -0.1) is 0 Å². The monoisotopic (exact) mass is 587 g/mol. The van der Waals surface area contributed by atoms with Gasteiger partial charge < -0.3 is 0 Å². The first-order chi connectivity index (χ1) is 19.1. The molecule has 0 aliphatic heterocycles. The van der Waals surface area contributed by atoms with Gasteiger partial charge in [0.1, 0.15) is 0 Å². The predicted molar refractivity (Wildman–Crippen MR) is 187 cm³/mol. The van der Waals surface area contributed by atoms with Gasteiger partial charge in [-0.3, -0.25) is 0 Å². The lowest BCUT2D eigenvalue weighted by atomic mass is 10.0. The minimum Gasteiger partial charge on any atom is -0.206 e. The third kappa shape index (κ3) is 34.8. The number of thiol groups is 2. The van der Waals surface area contributed by atoms with Crippen LogP contribution in [0.3, 0.4) is 0 Å². The highest BCUT2D eigenvalue weighted by Gasteiger charge is 2.17. The van der Waals surface area contributed by atoms with Crippen LogP contribution in [0.25, 0.3) is 0 Å². The van der Waals surface area contributed by atoms with Crippen molar-refractivity contribution in [3.05, 3.63) is 0 Å². The van der Waals surface area contributed by atoms with Gasteiger partial charge in [0, 0.05) is 0 Å². The SMILES string of the molecule is CCCCCCCCCCCCCCCCCC[N+](S)(S)CCCCCCCCCCCCCCCCCC. The number of hydrogen-bond acceptors (Lipinski definition) is 2. The topological polar surface area (TPSA) is 0 Å². The Hall–Kier alpha value is 0.660. The Morgan fingerprint density at radius 1 is 0.256 bits per heavy atom. The lowest BCUT2D eigenvalue weighted by molar-refractivity contribution is -0.641. The van der Waals surface area contributed by atoms with Gasteiger partial charge in [-0.05, 0) is 25.7 Å². The molecule has 0 aromatic rings. The fourth-order valence-corrected chi connectivity index (χ4v) is 6.50. The van der Waals surface area contributed by atoms with Gasteiger partial charge in [0.2, 0.25) is 0 Å². The Bertz CT molecular complexity index is 402. The molecule has 1 nitrogen and oxygen atoms in total. The molecule has 0 bridgehead atoms. The molecule has 0 saturated carbocycles. The normalized spacial score (nSPS) is 12.0. The van der Waals surface area contributed by atoms with Crippen molar-refractivity contribution in [2.75, 3.05) is 13.1 Å². The maximum Gasteiger partial charge on any atom is 0.0998 e. The molecule has 39 heavy (non-hydrogen) atoms. The van der Waals surface area contributed by atoms with Crippen LogP contribution in [-0.2, 0) is 0 Å². The second kappa shape index (κ2) is 33.2. The Morgan fingerprint density at radius 3 is 0.590 bits per heavy atom. The fraction of sp³-hybridized carbons (Fsp3) is 1.00. The van der Waals surface area contributed by atoms with Crippen LogP contribution in [0.2, 0.25) is 0 Å². The standard InChI is InChI=1S/C36H76NS2/c1-3-5-7-9-11-13-15-17-19-21-23-25-27-29-31-33-35-37(38,39)36-34-32-30-28-26-24-22-20-18-16-14-12-10-8-6-4-2/h38-39H,3-36H2,1-2H3/q+1. The molecule has 0 fully saturated rings. The van der Waals surface area contributed by atoms with E-state index in [0.717, 1.165) is 13.1 Å². The molecule has 0 atom stereocenters. The van der Waals surface area contributed by atoms with E-state index in [1.807, 2.05) is 0 Å². The number of quaternary nitrogens is 1. The molecule has 0 unspecified atom stereocenters. The summed E-state index contributed by atoms with van der Waals surface area (Å²) in [4.78, 5) is 0. The van der Waals surface area contributed by atoms with Gasteiger partial charge in [0.05, 0.1) is 38.7 Å². The summed E-state index contributed by atoms with van der Waals surface area (Å²) in [5, 5.41) is 0. The maximum absolute atomic E-state index is 4.84. The third-order valence-electron chi connectivity index (χ3n) is 8.74. The van der Waals surface area contributed by atoms with Crippen LogP contribution in [-0.4, -0.2) is 16.4 Å². The molecule has 0 rings (SSSR count). The Balaban J connectivity index is 3.26. The highest BCUT2D eigenvalue weighted by molar-refractivity contribution is 7.87. The van der Waals surface area contributed by atoms with E-state index in [9.17, 15) is 0 Å². The van der Waals surface area contributed by atoms with E-state index in [0.29, 0.717) is 3.29 Å². The van der Waals surface area contributed by atoms with E-state index in [1.165, 1.54) is 205 Å². The van der Waals surface area contributed by atoms with Gasteiger partial charge in [-0.1, -0.05) is 194 Å². The van der Waals surface area contributed by atoms with Crippen molar-refractivity contribution >= 4 is 25.6 Å². The molecule has 236 valence electrons. The minimum atomic E-state index is 0.636. The highest BCUT2D eigenvalue weighted by Crippen LogP contribution is 2.21. The van der Waals surface area contributed by atoms with E-state index < -0.39 is 0 Å². The number of hydrogen-bond donors (Lipinski definition) is 2. The second-order valence-electron chi connectivity index (χ2n) is 12.9. The zero-order valence-electron chi connectivity index (χ0n) is 27.4. The second-order valence-corrected chi connectivity index (χ2v) is 14.8. The van der Waals surface area contributed by atoms with Crippen molar-refractivity contribution in [2.45, 2.75) is 219 Å². The Morgan fingerprint density at radius 2 is 0.410 bits per heavy atom. The number of rotatable bonds is 34. The maximum atomic E-state index is 4.84. The van der Waals surface area contributed by atoms with Crippen LogP contribution in [0.15, 0.2) is 0 Å². The van der Waals surface area contributed by atoms with Crippen LogP contribution in [0.5, 0.6) is 0 Å². The average Bonchev–Trinajstić information content (AvgIpc) is 2.92. The molecule has 0 aliphatic rings. The zero-order valence-corrected chi connectivity index (χ0v) is 29.2. The molecule has 0 aliphatic carbocycles. The van der Waals surface area contributed by atoms with Crippen LogP contribution in [0, 0.1) is 0 Å². The number of unbranched alkanes of at least 4 members (excludes halogenated alkanes) is 30. The quantitative estimate of drug-likeness (QED) is 0.0418. The van der Waals surface area contributed by atoms with E-state index >= 15 is 0 Å². The van der Waals surface area contributed by atoms with Crippen LogP contribution in [0.4, 0.5) is 0 Å². The van der Waals surface area contributed by atoms with E-state index in [4.69, 9.17) is 25.6 Å². The summed E-state index contributed by atoms with van der Waals surface area (Å²) in [5.74, 6) is 0. The molecule has 0 aromatic carbocycles. The third-order valence-corrected chi connectivity index (χ3v) is 9.54. The van der Waals surface area contributed by atoms with Crippen LogP contribution < -0.4 is 0 Å². The molecular formula is C36H76NS2+. The largest absolute Gasteiger partial charge is 0.206 e. The van der Waals surface area contributed by atoms with Crippen LogP contribution >= 0.6 is 25.6 Å². The summed E-state index contributed by atoms with van der Waals surface area (Å²) in [6, 6.07) is 0. The van der Waals surface area contributed by atoms with Crippen molar-refractivity contribution in [1.29, 1.82) is 0 Å². The Labute approximate surface area is 260 Å². The van der Waals surface area contributed by atoms with Crippen molar-refractivity contribution < 1.29 is 3.29 Å². The van der Waals surface area contributed by atoms with E-state index in [2.05, 4.69) is 13.8 Å². The van der Waals surface area contributed by atoms with E-state index in [-0.39, 0.29) is 0 Å². The first kappa shape index (κ1) is 39.7. The first-order valence-corrected chi connectivity index (χ1v) is 19.2. The zero-order chi connectivity index (χ0) is 28.5. The summed E-state index contributed by atoms with van der Waals surface area (Å²) in [5.41, 5.74) is 0. The number of nitrogens with zero attached hydrogens (tertiary/aromatic N) is 1. The molecule has 0 saturated heterocycles. The van der Waals surface area contributed by atoms with E-state index in [1.54, 1.807) is 0 Å². The summed E-state index contributed by atoms with van der Waals surface area (Å²) >= 11 is 9.69. The lowest BCUT2D eigenvalue weighted by Gasteiger charge is -2.24. The van der Waals surface area contributed by atoms with Gasteiger partial charge >= 0.3 is 0 Å². The molecule has 0 spiro atoms. The Kier molecular flexibility index (Phi) is 33.7. The van der Waals surface area contributed by atoms with Crippen molar-refractivity contribution in [2.24, 2.45) is 0 Å². The fourth-order valence-electron chi connectivity index (χ4n) is 5.94. The minimum absolute atomic E-state index is 0.636. The molecule has 0 aromatic heterocycles. The summed E-state index contributed by atoms with van der Waals surface area (Å²) in [7, 11) is 0. The summed E-state index contributed by atoms with van der Waals surface area (Å²) < 4.78 is 0.636. The van der Waals surface area contributed by atoms with Crippen molar-refractivity contribution in [3.8, 4) is 0 Å². The molecule has 0 amide bonds. The molecule has 3 heteroatoms. The first-order valence-electron chi connectivity index (χ1n) is 18.4. The average molecular weight is 587 g/mol. The summed E-state index contributed by atoms with van der Waals surface area (Å²) in [6.07, 6.45) is 45.8. The lowest BCUT2D eigenvalue weighted by Crippen LogP contribution is -2.29. The summed E-state index contributed by atoms with van der Waals surface area (Å²) in [6.45, 7) is 6.83. The molecule has 0 N–H and O–H groups in total. The predicted octanol–water partition coefficient (Wildman–Crippen LogP) is 14.0. The van der Waals surface area contributed by atoms with Gasteiger partial charge in [-0.2, -0.15) is 0 Å². The molecule has 0 heterocycles. The highest BCUT2D eigenvalue weighted by atomic mass is 32.2. The molecular weight excluding hydrogens is 511 g/mol. The van der Waals surface area contributed by atoms with Gasteiger partial charge in [0.25, 0.3) is 0 Å².